The Morgan fingerprint density at radius 2 is 2.07 bits per heavy atom. The first-order valence-corrected chi connectivity index (χ1v) is 4.06. The van der Waals surface area contributed by atoms with Crippen LogP contribution >= 0.6 is 0 Å². The van der Waals surface area contributed by atoms with Gasteiger partial charge in [-0.05, 0) is 18.6 Å². The van der Waals surface area contributed by atoms with E-state index in [0.717, 1.165) is 6.42 Å². The van der Waals surface area contributed by atoms with Crippen molar-refractivity contribution >= 4 is 11.9 Å². The molecular formula is C9H12O5. The topological polar surface area (TPSA) is 87.7 Å². The molecule has 0 amide bonds. The molecule has 0 aromatic carbocycles. The Morgan fingerprint density at radius 3 is 2.21 bits per heavy atom. The Morgan fingerprint density at radius 1 is 1.43 bits per heavy atom. The fourth-order valence-corrected chi connectivity index (χ4v) is 0.614. The summed E-state index contributed by atoms with van der Waals surface area (Å²) >= 11 is 0. The fraction of sp³-hybridized carbons (Fsp3) is 0.333. The molecule has 1 rings (SSSR count). The van der Waals surface area contributed by atoms with Gasteiger partial charge in [0.1, 0.15) is 0 Å². The minimum atomic E-state index is -1.03. The summed E-state index contributed by atoms with van der Waals surface area (Å²) in [5.74, 6) is -1.77. The number of hydrogen-bond acceptors (Lipinski definition) is 3. The second-order valence-corrected chi connectivity index (χ2v) is 2.43. The molecule has 1 heterocycles. The van der Waals surface area contributed by atoms with E-state index < -0.39 is 11.9 Å². The van der Waals surface area contributed by atoms with E-state index in [9.17, 15) is 9.59 Å². The molecule has 0 bridgehead atoms. The van der Waals surface area contributed by atoms with Gasteiger partial charge in [-0.15, -0.1) is 0 Å². The summed E-state index contributed by atoms with van der Waals surface area (Å²) in [6.07, 6.45) is 2.35. The fourth-order valence-electron chi connectivity index (χ4n) is 0.614. The highest BCUT2D eigenvalue weighted by Gasteiger charge is 2.01. The highest BCUT2D eigenvalue weighted by Crippen LogP contribution is 1.97. The molecule has 0 radical (unpaired) electrons. The smallest absolute Gasteiger partial charge is 0.371 e. The number of hydrogen-bond donors (Lipinski definition) is 2. The standard InChI is InChI=1S/C5H4O3.C4H8O2/c6-5(7)4-2-1-3-8-4;1-2-3-4(5)6/h1-3H,(H,6,7);2-3H2,1H3,(H,5,6). The Labute approximate surface area is 81.0 Å². The molecular weight excluding hydrogens is 188 g/mol. The van der Waals surface area contributed by atoms with Crippen molar-refractivity contribution in [2.45, 2.75) is 19.8 Å². The molecule has 5 nitrogen and oxygen atoms in total. The van der Waals surface area contributed by atoms with E-state index in [2.05, 4.69) is 4.42 Å². The van der Waals surface area contributed by atoms with Crippen LogP contribution in [0.1, 0.15) is 30.3 Å². The SMILES string of the molecule is CCCC(=O)O.O=C(O)c1ccco1. The summed E-state index contributed by atoms with van der Waals surface area (Å²) in [7, 11) is 0. The van der Waals surface area contributed by atoms with Crippen molar-refractivity contribution < 1.29 is 24.2 Å². The third kappa shape index (κ3) is 5.82. The molecule has 0 saturated heterocycles. The van der Waals surface area contributed by atoms with Gasteiger partial charge in [0.25, 0.3) is 0 Å². The van der Waals surface area contributed by atoms with E-state index in [1.807, 2.05) is 6.92 Å². The quantitative estimate of drug-likeness (QED) is 0.777. The molecule has 5 heteroatoms. The van der Waals surface area contributed by atoms with Crippen molar-refractivity contribution in [3.63, 3.8) is 0 Å². The number of rotatable bonds is 3. The molecule has 0 saturated carbocycles. The zero-order chi connectivity index (χ0) is 11.0. The van der Waals surface area contributed by atoms with Crippen LogP contribution < -0.4 is 0 Å². The van der Waals surface area contributed by atoms with Crippen molar-refractivity contribution in [3.8, 4) is 0 Å². The van der Waals surface area contributed by atoms with Gasteiger partial charge < -0.3 is 14.6 Å². The number of carbonyl (C=O) groups is 2. The van der Waals surface area contributed by atoms with Crippen LogP contribution in [0.4, 0.5) is 0 Å². The number of carboxylic acid groups (broad SMARTS) is 2. The summed E-state index contributed by atoms with van der Waals surface area (Å²) in [5.41, 5.74) is 0. The van der Waals surface area contributed by atoms with Gasteiger partial charge in [0.15, 0.2) is 0 Å². The van der Waals surface area contributed by atoms with Gasteiger partial charge in [0.2, 0.25) is 5.76 Å². The summed E-state index contributed by atoms with van der Waals surface area (Å²) in [6, 6.07) is 2.92. The van der Waals surface area contributed by atoms with Crippen molar-refractivity contribution in [3.05, 3.63) is 24.2 Å². The van der Waals surface area contributed by atoms with Crippen LogP contribution in [0, 0.1) is 0 Å². The van der Waals surface area contributed by atoms with Gasteiger partial charge in [0, 0.05) is 6.42 Å². The predicted octanol–water partition coefficient (Wildman–Crippen LogP) is 1.85. The summed E-state index contributed by atoms with van der Waals surface area (Å²) in [5, 5.41) is 16.1. The van der Waals surface area contributed by atoms with Gasteiger partial charge in [-0.25, -0.2) is 4.79 Å². The number of furan rings is 1. The van der Waals surface area contributed by atoms with Crippen LogP contribution in [0.3, 0.4) is 0 Å². The maximum Gasteiger partial charge on any atom is 0.371 e. The highest BCUT2D eigenvalue weighted by molar-refractivity contribution is 5.84. The second kappa shape index (κ2) is 6.71. The largest absolute Gasteiger partial charge is 0.481 e. The van der Waals surface area contributed by atoms with Crippen LogP contribution in [-0.2, 0) is 4.79 Å². The van der Waals surface area contributed by atoms with Gasteiger partial charge in [0.05, 0.1) is 6.26 Å². The normalized spacial score (nSPS) is 8.64. The lowest BCUT2D eigenvalue weighted by Gasteiger charge is -1.79. The average molecular weight is 200 g/mol. The number of aromatic carboxylic acids is 1. The van der Waals surface area contributed by atoms with Crippen molar-refractivity contribution in [1.29, 1.82) is 0 Å². The van der Waals surface area contributed by atoms with E-state index in [0.29, 0.717) is 6.42 Å². The van der Waals surface area contributed by atoms with E-state index in [1.165, 1.54) is 18.4 Å². The number of aliphatic carboxylic acids is 1. The van der Waals surface area contributed by atoms with Crippen LogP contribution in [0.15, 0.2) is 22.8 Å². The summed E-state index contributed by atoms with van der Waals surface area (Å²) < 4.78 is 4.50. The van der Waals surface area contributed by atoms with Gasteiger partial charge in [-0.1, -0.05) is 6.92 Å². The maximum atomic E-state index is 9.97. The van der Waals surface area contributed by atoms with Crippen LogP contribution in [-0.4, -0.2) is 22.2 Å². The molecule has 0 aliphatic rings. The molecule has 1 aromatic heterocycles. The van der Waals surface area contributed by atoms with Gasteiger partial charge >= 0.3 is 11.9 Å². The number of carboxylic acids is 2. The Hall–Kier alpha value is -1.78. The first-order chi connectivity index (χ1) is 6.57. The Balaban J connectivity index is 0.000000255. The molecule has 0 unspecified atom stereocenters. The zero-order valence-electron chi connectivity index (χ0n) is 7.77. The molecule has 0 spiro atoms. The van der Waals surface area contributed by atoms with Crippen molar-refractivity contribution in [1.82, 2.24) is 0 Å². The third-order valence-electron chi connectivity index (χ3n) is 1.20. The maximum absolute atomic E-state index is 9.97. The molecule has 0 fully saturated rings. The van der Waals surface area contributed by atoms with Gasteiger partial charge in [-0.2, -0.15) is 0 Å². The highest BCUT2D eigenvalue weighted by atomic mass is 16.4. The van der Waals surface area contributed by atoms with Gasteiger partial charge in [-0.3, -0.25) is 4.79 Å². The molecule has 0 aliphatic carbocycles. The summed E-state index contributed by atoms with van der Waals surface area (Å²) in [4.78, 5) is 19.6. The van der Waals surface area contributed by atoms with Crippen LogP contribution in [0.5, 0.6) is 0 Å². The van der Waals surface area contributed by atoms with Crippen LogP contribution in [0.25, 0.3) is 0 Å². The zero-order valence-corrected chi connectivity index (χ0v) is 7.77. The lowest BCUT2D eigenvalue weighted by Crippen LogP contribution is -1.90. The second-order valence-electron chi connectivity index (χ2n) is 2.43. The monoisotopic (exact) mass is 200 g/mol. The third-order valence-corrected chi connectivity index (χ3v) is 1.20. The molecule has 1 aromatic rings. The van der Waals surface area contributed by atoms with Crippen molar-refractivity contribution in [2.24, 2.45) is 0 Å². The lowest BCUT2D eigenvalue weighted by molar-refractivity contribution is -0.137. The molecule has 78 valence electrons. The first kappa shape index (κ1) is 12.2. The molecule has 14 heavy (non-hydrogen) atoms. The van der Waals surface area contributed by atoms with E-state index in [-0.39, 0.29) is 5.76 Å². The Bertz CT molecular complexity index is 275. The van der Waals surface area contributed by atoms with Crippen molar-refractivity contribution in [2.75, 3.05) is 0 Å². The molecule has 0 atom stereocenters. The van der Waals surface area contributed by atoms with E-state index >= 15 is 0 Å². The molecule has 2 N–H and O–H groups in total. The summed E-state index contributed by atoms with van der Waals surface area (Å²) in [6.45, 7) is 1.84. The average Bonchev–Trinajstić information content (AvgIpc) is 2.56. The minimum Gasteiger partial charge on any atom is -0.481 e. The lowest BCUT2D eigenvalue weighted by atomic mass is 10.4. The van der Waals surface area contributed by atoms with E-state index in [4.69, 9.17) is 10.2 Å². The first-order valence-electron chi connectivity index (χ1n) is 4.06. The van der Waals surface area contributed by atoms with Crippen LogP contribution in [0.2, 0.25) is 0 Å². The van der Waals surface area contributed by atoms with E-state index in [1.54, 1.807) is 0 Å². The predicted molar refractivity (Wildman–Crippen MR) is 48.2 cm³/mol. The minimum absolute atomic E-state index is 0.0231. The Kier molecular flexibility index (Phi) is 5.85. The molecule has 0 aliphatic heterocycles.